The van der Waals surface area contributed by atoms with E-state index in [0.29, 0.717) is 0 Å². The smallest absolute Gasteiger partial charge is 0.0484 e. The number of hydrogen-bond acceptors (Lipinski definition) is 1. The average molecular weight is 382 g/mol. The van der Waals surface area contributed by atoms with Crippen LogP contribution in [0.5, 0.6) is 0 Å². The molecule has 4 rings (SSSR count). The molecule has 3 aromatic carbocycles. The quantitative estimate of drug-likeness (QED) is 0.473. The van der Waals surface area contributed by atoms with E-state index in [1.54, 1.807) is 0 Å². The highest BCUT2D eigenvalue weighted by molar-refractivity contribution is 6.34. The molecule has 1 aliphatic heterocycles. The number of hydrogen-bond donors (Lipinski definition) is 0. The normalized spacial score (nSPS) is 14.7. The number of likely N-dealkylation sites (tertiary alicyclic amines) is 1. The number of rotatable bonds is 4. The molecule has 0 atom stereocenters. The van der Waals surface area contributed by atoms with Crippen molar-refractivity contribution in [3.05, 3.63) is 82.3 Å². The molecule has 1 aliphatic rings. The maximum Gasteiger partial charge on any atom is 0.0484 e. The highest BCUT2D eigenvalue weighted by Crippen LogP contribution is 2.41. The third kappa shape index (κ3) is 3.53. The van der Waals surface area contributed by atoms with Gasteiger partial charge in [0.25, 0.3) is 0 Å². The molecule has 0 aromatic heterocycles. The van der Waals surface area contributed by atoms with Crippen molar-refractivity contribution in [3.8, 4) is 22.3 Å². The molecule has 132 valence electrons. The predicted molar refractivity (Wildman–Crippen MR) is 112 cm³/mol. The molecule has 26 heavy (non-hydrogen) atoms. The summed E-state index contributed by atoms with van der Waals surface area (Å²) >= 11 is 13.1. The standard InChI is InChI=1S/C23H21Cl2N/c24-21-12-3-1-9-18(21)19-11-7-8-17(16-26-14-5-6-15-26)23(19)20-10-2-4-13-22(20)25/h1-4,7-13H,5-6,14-16H2. The number of benzene rings is 3. The van der Waals surface area contributed by atoms with Crippen LogP contribution in [0.2, 0.25) is 10.0 Å². The zero-order valence-electron chi connectivity index (χ0n) is 14.6. The largest absolute Gasteiger partial charge is 0.299 e. The van der Waals surface area contributed by atoms with Crippen molar-refractivity contribution in [1.82, 2.24) is 4.90 Å². The lowest BCUT2D eigenvalue weighted by Crippen LogP contribution is -2.19. The van der Waals surface area contributed by atoms with Crippen molar-refractivity contribution in [2.24, 2.45) is 0 Å². The highest BCUT2D eigenvalue weighted by atomic mass is 35.5. The van der Waals surface area contributed by atoms with E-state index in [9.17, 15) is 0 Å². The summed E-state index contributed by atoms with van der Waals surface area (Å²) in [5.41, 5.74) is 5.75. The Morgan fingerprint density at radius 2 is 1.23 bits per heavy atom. The average Bonchev–Trinajstić information content (AvgIpc) is 3.16. The van der Waals surface area contributed by atoms with Gasteiger partial charge in [-0.15, -0.1) is 0 Å². The lowest BCUT2D eigenvalue weighted by molar-refractivity contribution is 0.332. The molecule has 3 aromatic rings. The van der Waals surface area contributed by atoms with Gasteiger partial charge in [-0.05, 0) is 54.8 Å². The zero-order chi connectivity index (χ0) is 17.9. The summed E-state index contributed by atoms with van der Waals surface area (Å²) in [7, 11) is 0. The fourth-order valence-corrected chi connectivity index (χ4v) is 4.27. The minimum atomic E-state index is 0.763. The maximum atomic E-state index is 6.60. The van der Waals surface area contributed by atoms with E-state index < -0.39 is 0 Å². The Bertz CT molecular complexity index is 914. The van der Waals surface area contributed by atoms with Crippen LogP contribution in [-0.4, -0.2) is 18.0 Å². The zero-order valence-corrected chi connectivity index (χ0v) is 16.1. The van der Waals surface area contributed by atoms with Gasteiger partial charge in [0.15, 0.2) is 0 Å². The summed E-state index contributed by atoms with van der Waals surface area (Å²) in [5, 5.41) is 1.54. The predicted octanol–water partition coefficient (Wildman–Crippen LogP) is 6.92. The summed E-state index contributed by atoms with van der Waals surface area (Å²) in [6.07, 6.45) is 2.57. The molecule has 3 heteroatoms. The molecule has 0 amide bonds. The molecule has 1 fully saturated rings. The summed E-state index contributed by atoms with van der Waals surface area (Å²) in [6.45, 7) is 3.27. The first kappa shape index (κ1) is 17.6. The van der Waals surface area contributed by atoms with Gasteiger partial charge in [-0.25, -0.2) is 0 Å². The molecule has 1 heterocycles. The maximum absolute atomic E-state index is 6.60. The summed E-state index contributed by atoms with van der Waals surface area (Å²) in [5.74, 6) is 0. The van der Waals surface area contributed by atoms with Gasteiger partial charge in [-0.2, -0.15) is 0 Å². The minimum Gasteiger partial charge on any atom is -0.299 e. The van der Waals surface area contributed by atoms with E-state index in [1.165, 1.54) is 24.0 Å². The molecule has 0 aliphatic carbocycles. The van der Waals surface area contributed by atoms with Gasteiger partial charge < -0.3 is 0 Å². The first-order valence-electron chi connectivity index (χ1n) is 9.08. The Kier molecular flexibility index (Phi) is 5.31. The molecular weight excluding hydrogens is 361 g/mol. The Hall–Kier alpha value is -1.80. The second-order valence-corrected chi connectivity index (χ2v) is 7.60. The number of nitrogens with zero attached hydrogens (tertiary/aromatic N) is 1. The van der Waals surface area contributed by atoms with Crippen molar-refractivity contribution >= 4 is 23.2 Å². The summed E-state index contributed by atoms with van der Waals surface area (Å²) < 4.78 is 0. The van der Waals surface area contributed by atoms with E-state index >= 15 is 0 Å². The van der Waals surface area contributed by atoms with Crippen LogP contribution in [0.25, 0.3) is 22.3 Å². The van der Waals surface area contributed by atoms with E-state index in [4.69, 9.17) is 23.2 Å². The number of halogens is 2. The third-order valence-electron chi connectivity index (χ3n) is 5.05. The van der Waals surface area contributed by atoms with E-state index in [0.717, 1.165) is 46.4 Å². The lowest BCUT2D eigenvalue weighted by Gasteiger charge is -2.21. The summed E-state index contributed by atoms with van der Waals surface area (Å²) in [6, 6.07) is 22.6. The van der Waals surface area contributed by atoms with E-state index in [2.05, 4.69) is 35.2 Å². The molecule has 0 radical (unpaired) electrons. The van der Waals surface area contributed by atoms with Crippen molar-refractivity contribution < 1.29 is 0 Å². The first-order valence-corrected chi connectivity index (χ1v) is 9.83. The molecule has 1 saturated heterocycles. The van der Waals surface area contributed by atoms with Crippen LogP contribution in [0.1, 0.15) is 18.4 Å². The Morgan fingerprint density at radius 1 is 0.654 bits per heavy atom. The van der Waals surface area contributed by atoms with Gasteiger partial charge in [-0.3, -0.25) is 4.90 Å². The van der Waals surface area contributed by atoms with Crippen molar-refractivity contribution in [2.45, 2.75) is 19.4 Å². The molecular formula is C23H21Cl2N. The van der Waals surface area contributed by atoms with Crippen LogP contribution in [0.3, 0.4) is 0 Å². The van der Waals surface area contributed by atoms with Gasteiger partial charge in [0.1, 0.15) is 0 Å². The SMILES string of the molecule is Clc1ccccc1-c1cccc(CN2CCCC2)c1-c1ccccc1Cl. The molecule has 0 saturated carbocycles. The Balaban J connectivity index is 1.91. The van der Waals surface area contributed by atoms with Gasteiger partial charge in [0, 0.05) is 27.7 Å². The second-order valence-electron chi connectivity index (χ2n) is 6.78. The fraction of sp³-hybridized carbons (Fsp3) is 0.217. The van der Waals surface area contributed by atoms with Gasteiger partial charge in [0.05, 0.1) is 0 Å². The molecule has 0 spiro atoms. The van der Waals surface area contributed by atoms with Crippen LogP contribution in [0.15, 0.2) is 66.7 Å². The summed E-state index contributed by atoms with van der Waals surface area (Å²) in [4.78, 5) is 2.52. The molecule has 0 unspecified atom stereocenters. The molecule has 1 nitrogen and oxygen atoms in total. The van der Waals surface area contributed by atoms with Crippen molar-refractivity contribution in [1.29, 1.82) is 0 Å². The van der Waals surface area contributed by atoms with Crippen LogP contribution in [0.4, 0.5) is 0 Å². The molecule has 0 bridgehead atoms. The Morgan fingerprint density at radius 3 is 1.88 bits per heavy atom. The highest BCUT2D eigenvalue weighted by Gasteiger charge is 2.19. The van der Waals surface area contributed by atoms with E-state index in [-0.39, 0.29) is 0 Å². The van der Waals surface area contributed by atoms with Crippen molar-refractivity contribution in [2.75, 3.05) is 13.1 Å². The van der Waals surface area contributed by atoms with Gasteiger partial charge >= 0.3 is 0 Å². The fourth-order valence-electron chi connectivity index (χ4n) is 3.80. The van der Waals surface area contributed by atoms with Crippen LogP contribution >= 0.6 is 23.2 Å². The van der Waals surface area contributed by atoms with Crippen molar-refractivity contribution in [3.63, 3.8) is 0 Å². The first-order chi connectivity index (χ1) is 12.7. The van der Waals surface area contributed by atoms with Crippen LogP contribution < -0.4 is 0 Å². The minimum absolute atomic E-state index is 0.763. The van der Waals surface area contributed by atoms with Gasteiger partial charge in [0.2, 0.25) is 0 Å². The van der Waals surface area contributed by atoms with Crippen LogP contribution in [0, 0.1) is 0 Å². The third-order valence-corrected chi connectivity index (χ3v) is 5.71. The Labute approximate surface area is 165 Å². The topological polar surface area (TPSA) is 3.24 Å². The van der Waals surface area contributed by atoms with E-state index in [1.807, 2.05) is 36.4 Å². The second kappa shape index (κ2) is 7.84. The van der Waals surface area contributed by atoms with Crippen LogP contribution in [-0.2, 0) is 6.54 Å². The molecule has 0 N–H and O–H groups in total. The van der Waals surface area contributed by atoms with Gasteiger partial charge in [-0.1, -0.05) is 77.8 Å². The monoisotopic (exact) mass is 381 g/mol. The lowest BCUT2D eigenvalue weighted by atomic mass is 9.90.